The van der Waals surface area contributed by atoms with Crippen molar-refractivity contribution < 1.29 is 9.18 Å². The molecule has 3 aromatic rings. The van der Waals surface area contributed by atoms with Crippen LogP contribution < -0.4 is 5.32 Å². The summed E-state index contributed by atoms with van der Waals surface area (Å²) in [5, 5.41) is 5.21. The SMILES string of the molecule is CC(C)c1ccc(-c2csc(NC(=O)/C=C/c3ccc(F)cc3)n2)cc1. The van der Waals surface area contributed by atoms with Gasteiger partial charge in [0.25, 0.3) is 0 Å². The highest BCUT2D eigenvalue weighted by molar-refractivity contribution is 7.14. The van der Waals surface area contributed by atoms with Crippen LogP contribution in [0, 0.1) is 5.82 Å². The third kappa shape index (κ3) is 4.64. The first-order valence-corrected chi connectivity index (χ1v) is 9.20. The van der Waals surface area contributed by atoms with E-state index < -0.39 is 0 Å². The lowest BCUT2D eigenvalue weighted by molar-refractivity contribution is -0.111. The van der Waals surface area contributed by atoms with Crippen molar-refractivity contribution in [1.29, 1.82) is 0 Å². The molecule has 0 radical (unpaired) electrons. The maximum atomic E-state index is 12.9. The van der Waals surface area contributed by atoms with Crippen LogP contribution in [0.15, 0.2) is 60.0 Å². The maximum Gasteiger partial charge on any atom is 0.250 e. The Bertz CT molecular complexity index is 912. The van der Waals surface area contributed by atoms with Crippen molar-refractivity contribution >= 4 is 28.5 Å². The molecule has 0 aliphatic carbocycles. The first kappa shape index (κ1) is 18.0. The number of carbonyl (C=O) groups excluding carboxylic acids is 1. The molecule has 3 nitrogen and oxygen atoms in total. The molecule has 0 spiro atoms. The quantitative estimate of drug-likeness (QED) is 0.586. The summed E-state index contributed by atoms with van der Waals surface area (Å²) in [6.45, 7) is 4.32. The predicted molar refractivity (Wildman–Crippen MR) is 106 cm³/mol. The highest BCUT2D eigenvalue weighted by Crippen LogP contribution is 2.26. The summed E-state index contributed by atoms with van der Waals surface area (Å²) in [5.41, 5.74) is 3.89. The van der Waals surface area contributed by atoms with Crippen LogP contribution in [-0.4, -0.2) is 10.9 Å². The van der Waals surface area contributed by atoms with E-state index in [0.29, 0.717) is 11.0 Å². The molecule has 1 aromatic heterocycles. The fourth-order valence-corrected chi connectivity index (χ4v) is 3.12. The van der Waals surface area contributed by atoms with E-state index in [0.717, 1.165) is 16.8 Å². The van der Waals surface area contributed by atoms with Crippen molar-refractivity contribution in [2.24, 2.45) is 0 Å². The van der Waals surface area contributed by atoms with Crippen LogP contribution in [0.1, 0.15) is 30.9 Å². The van der Waals surface area contributed by atoms with E-state index in [4.69, 9.17) is 0 Å². The summed E-state index contributed by atoms with van der Waals surface area (Å²) in [7, 11) is 0. The van der Waals surface area contributed by atoms with Gasteiger partial charge >= 0.3 is 0 Å². The second-order valence-electron chi connectivity index (χ2n) is 6.19. The number of nitrogens with one attached hydrogen (secondary N) is 1. The third-order valence-corrected chi connectivity index (χ3v) is 4.66. The standard InChI is InChI=1S/C21H19FN2OS/c1-14(2)16-6-8-17(9-7-16)19-13-26-21(23-19)24-20(25)12-5-15-3-10-18(22)11-4-15/h3-14H,1-2H3,(H,23,24,25)/b12-5+. The Morgan fingerprint density at radius 2 is 1.81 bits per heavy atom. The van der Waals surface area contributed by atoms with Crippen LogP contribution >= 0.6 is 11.3 Å². The Labute approximate surface area is 156 Å². The Balaban J connectivity index is 1.64. The molecule has 0 saturated heterocycles. The number of anilines is 1. The number of thiazole rings is 1. The van der Waals surface area contributed by atoms with Crippen molar-refractivity contribution in [3.63, 3.8) is 0 Å². The molecule has 0 aliphatic rings. The highest BCUT2D eigenvalue weighted by Gasteiger charge is 2.07. The number of nitrogens with zero attached hydrogens (tertiary/aromatic N) is 1. The molecule has 1 heterocycles. The second-order valence-corrected chi connectivity index (χ2v) is 7.05. The zero-order chi connectivity index (χ0) is 18.5. The van der Waals surface area contributed by atoms with E-state index in [1.54, 1.807) is 18.2 Å². The van der Waals surface area contributed by atoms with E-state index in [1.165, 1.54) is 35.1 Å². The smallest absolute Gasteiger partial charge is 0.250 e. The van der Waals surface area contributed by atoms with Gasteiger partial charge in [-0.3, -0.25) is 10.1 Å². The van der Waals surface area contributed by atoms with Crippen LogP contribution in [0.25, 0.3) is 17.3 Å². The predicted octanol–water partition coefficient (Wildman–Crippen LogP) is 5.72. The molecular weight excluding hydrogens is 347 g/mol. The molecule has 0 unspecified atom stereocenters. The molecule has 1 amide bonds. The van der Waals surface area contributed by atoms with Gasteiger partial charge < -0.3 is 0 Å². The van der Waals surface area contributed by atoms with Crippen molar-refractivity contribution in [3.05, 3.63) is 76.9 Å². The van der Waals surface area contributed by atoms with Gasteiger partial charge in [-0.25, -0.2) is 9.37 Å². The van der Waals surface area contributed by atoms with E-state index in [2.05, 4.69) is 36.3 Å². The summed E-state index contributed by atoms with van der Waals surface area (Å²) in [4.78, 5) is 16.5. The number of benzene rings is 2. The minimum absolute atomic E-state index is 0.273. The Morgan fingerprint density at radius 1 is 1.12 bits per heavy atom. The normalized spacial score (nSPS) is 11.2. The van der Waals surface area contributed by atoms with Gasteiger partial charge in [-0.2, -0.15) is 0 Å². The molecule has 2 aromatic carbocycles. The number of halogens is 1. The average molecular weight is 366 g/mol. The van der Waals surface area contributed by atoms with Gasteiger partial charge in [-0.1, -0.05) is 50.2 Å². The molecule has 0 atom stereocenters. The van der Waals surface area contributed by atoms with Crippen molar-refractivity contribution in [3.8, 4) is 11.3 Å². The fraction of sp³-hybridized carbons (Fsp3) is 0.143. The van der Waals surface area contributed by atoms with Crippen molar-refractivity contribution in [2.75, 3.05) is 5.32 Å². The second kappa shape index (κ2) is 8.06. The molecule has 0 bridgehead atoms. The fourth-order valence-electron chi connectivity index (χ4n) is 2.40. The molecule has 5 heteroatoms. The molecule has 3 rings (SSSR count). The number of aromatic nitrogens is 1. The topological polar surface area (TPSA) is 42.0 Å². The number of amides is 1. The maximum absolute atomic E-state index is 12.9. The third-order valence-electron chi connectivity index (χ3n) is 3.90. The molecule has 1 N–H and O–H groups in total. The Morgan fingerprint density at radius 3 is 2.46 bits per heavy atom. The number of rotatable bonds is 5. The first-order chi connectivity index (χ1) is 12.5. The minimum Gasteiger partial charge on any atom is -0.298 e. The molecule has 132 valence electrons. The lowest BCUT2D eigenvalue weighted by Gasteiger charge is -2.05. The monoisotopic (exact) mass is 366 g/mol. The number of hydrogen-bond acceptors (Lipinski definition) is 3. The summed E-state index contributed by atoms with van der Waals surface area (Å²) in [5.74, 6) is -0.0871. The lowest BCUT2D eigenvalue weighted by atomic mass is 10.0. The van der Waals surface area contributed by atoms with Crippen LogP contribution in [-0.2, 0) is 4.79 Å². The molecule has 0 saturated carbocycles. The first-order valence-electron chi connectivity index (χ1n) is 8.32. The molecule has 26 heavy (non-hydrogen) atoms. The highest BCUT2D eigenvalue weighted by atomic mass is 32.1. The molecule has 0 fully saturated rings. The van der Waals surface area contributed by atoms with Crippen LogP contribution in [0.3, 0.4) is 0 Å². The van der Waals surface area contributed by atoms with Crippen LogP contribution in [0.4, 0.5) is 9.52 Å². The van der Waals surface area contributed by atoms with E-state index >= 15 is 0 Å². The van der Waals surface area contributed by atoms with E-state index in [1.807, 2.05) is 17.5 Å². The van der Waals surface area contributed by atoms with Gasteiger partial charge in [0.15, 0.2) is 5.13 Å². The van der Waals surface area contributed by atoms with E-state index in [9.17, 15) is 9.18 Å². The summed E-state index contributed by atoms with van der Waals surface area (Å²) >= 11 is 1.38. The van der Waals surface area contributed by atoms with Gasteiger partial charge in [0.05, 0.1) is 5.69 Å². The Hall–Kier alpha value is -2.79. The zero-order valence-corrected chi connectivity index (χ0v) is 15.4. The van der Waals surface area contributed by atoms with Gasteiger partial charge in [-0.15, -0.1) is 11.3 Å². The van der Waals surface area contributed by atoms with Crippen LogP contribution in [0.2, 0.25) is 0 Å². The van der Waals surface area contributed by atoms with Crippen molar-refractivity contribution in [2.45, 2.75) is 19.8 Å². The van der Waals surface area contributed by atoms with E-state index in [-0.39, 0.29) is 11.7 Å². The van der Waals surface area contributed by atoms with Gasteiger partial charge in [0.1, 0.15) is 5.82 Å². The number of hydrogen-bond donors (Lipinski definition) is 1. The minimum atomic E-state index is -0.302. The van der Waals surface area contributed by atoms with Gasteiger partial charge in [-0.05, 0) is 35.3 Å². The van der Waals surface area contributed by atoms with Crippen molar-refractivity contribution in [1.82, 2.24) is 4.98 Å². The number of carbonyl (C=O) groups is 1. The average Bonchev–Trinajstić information content (AvgIpc) is 3.10. The largest absolute Gasteiger partial charge is 0.298 e. The van der Waals surface area contributed by atoms with Crippen LogP contribution in [0.5, 0.6) is 0 Å². The Kier molecular flexibility index (Phi) is 5.58. The summed E-state index contributed by atoms with van der Waals surface area (Å²) in [6, 6.07) is 14.2. The molecular formula is C21H19FN2OS. The van der Waals surface area contributed by atoms with Gasteiger partial charge in [0, 0.05) is 17.0 Å². The zero-order valence-electron chi connectivity index (χ0n) is 14.6. The molecule has 0 aliphatic heterocycles. The van der Waals surface area contributed by atoms with Gasteiger partial charge in [0.2, 0.25) is 5.91 Å². The lowest BCUT2D eigenvalue weighted by Crippen LogP contribution is -2.07. The summed E-state index contributed by atoms with van der Waals surface area (Å²) < 4.78 is 12.9. The summed E-state index contributed by atoms with van der Waals surface area (Å²) in [6.07, 6.45) is 3.04.